The molecule has 96 valence electrons. The lowest BCUT2D eigenvalue weighted by atomic mass is 10.1. The molecule has 1 unspecified atom stereocenters. The molecule has 4 nitrogen and oxygen atoms in total. The van der Waals surface area contributed by atoms with Crippen molar-refractivity contribution in [3.63, 3.8) is 0 Å². The van der Waals surface area contributed by atoms with Gasteiger partial charge in [-0.05, 0) is 32.4 Å². The molecule has 0 spiro atoms. The predicted molar refractivity (Wildman–Crippen MR) is 69.1 cm³/mol. The first kappa shape index (κ1) is 12.6. The molecular weight excluding hydrogens is 228 g/mol. The first-order chi connectivity index (χ1) is 8.50. The van der Waals surface area contributed by atoms with Crippen molar-refractivity contribution in [2.45, 2.75) is 39.4 Å². The molecular formula is C14H18N2O2. The molecule has 0 saturated carbocycles. The number of hydrogen-bond donors (Lipinski definition) is 1. The molecule has 1 heterocycles. The summed E-state index contributed by atoms with van der Waals surface area (Å²) in [7, 11) is 0. The van der Waals surface area contributed by atoms with Crippen molar-refractivity contribution in [3.05, 3.63) is 35.4 Å². The third-order valence-electron chi connectivity index (χ3n) is 3.13. The Morgan fingerprint density at radius 3 is 2.56 bits per heavy atom. The van der Waals surface area contributed by atoms with Crippen LogP contribution in [0.15, 0.2) is 24.3 Å². The second-order valence-corrected chi connectivity index (χ2v) is 4.93. The zero-order valence-electron chi connectivity index (χ0n) is 10.9. The Balaban J connectivity index is 2.14. The van der Waals surface area contributed by atoms with E-state index in [4.69, 9.17) is 0 Å². The smallest absolute Gasteiger partial charge is 0.255 e. The summed E-state index contributed by atoms with van der Waals surface area (Å²) < 4.78 is 0. The molecule has 2 rings (SSSR count). The fraction of sp³-hybridized carbons (Fsp3) is 0.429. The van der Waals surface area contributed by atoms with Crippen LogP contribution in [0.4, 0.5) is 0 Å². The molecule has 0 aliphatic carbocycles. The van der Waals surface area contributed by atoms with Crippen LogP contribution < -0.4 is 5.32 Å². The SMILES string of the molecule is CC(C)NC(=O)C(C)N1Cc2ccccc2C1=O. The van der Waals surface area contributed by atoms with Gasteiger partial charge in [0.1, 0.15) is 6.04 Å². The highest BCUT2D eigenvalue weighted by Crippen LogP contribution is 2.24. The van der Waals surface area contributed by atoms with E-state index in [2.05, 4.69) is 5.32 Å². The molecule has 1 aromatic rings. The Labute approximate surface area is 107 Å². The van der Waals surface area contributed by atoms with Crippen LogP contribution in [0.25, 0.3) is 0 Å². The molecule has 0 aromatic heterocycles. The Morgan fingerprint density at radius 2 is 1.94 bits per heavy atom. The Hall–Kier alpha value is -1.84. The normalized spacial score (nSPS) is 15.8. The van der Waals surface area contributed by atoms with Crippen molar-refractivity contribution in [3.8, 4) is 0 Å². The van der Waals surface area contributed by atoms with Crippen LogP contribution in [-0.4, -0.2) is 28.8 Å². The van der Waals surface area contributed by atoms with Crippen LogP contribution in [0, 0.1) is 0 Å². The molecule has 0 bridgehead atoms. The third-order valence-corrected chi connectivity index (χ3v) is 3.13. The van der Waals surface area contributed by atoms with Crippen molar-refractivity contribution >= 4 is 11.8 Å². The van der Waals surface area contributed by atoms with Crippen LogP contribution in [0.2, 0.25) is 0 Å². The second-order valence-electron chi connectivity index (χ2n) is 4.93. The van der Waals surface area contributed by atoms with Gasteiger partial charge in [0.05, 0.1) is 0 Å². The quantitative estimate of drug-likeness (QED) is 0.879. The number of nitrogens with one attached hydrogen (secondary N) is 1. The summed E-state index contributed by atoms with van der Waals surface area (Å²) in [5, 5.41) is 2.83. The highest BCUT2D eigenvalue weighted by atomic mass is 16.2. The van der Waals surface area contributed by atoms with E-state index in [1.165, 1.54) is 0 Å². The Bertz CT molecular complexity index is 482. The van der Waals surface area contributed by atoms with Crippen molar-refractivity contribution in [2.75, 3.05) is 0 Å². The number of rotatable bonds is 3. The number of carbonyl (C=O) groups excluding carboxylic acids is 2. The molecule has 1 N–H and O–H groups in total. The summed E-state index contributed by atoms with van der Waals surface area (Å²) in [6.45, 7) is 6.10. The van der Waals surface area contributed by atoms with Gasteiger partial charge in [-0.1, -0.05) is 18.2 Å². The molecule has 4 heteroatoms. The van der Waals surface area contributed by atoms with Crippen molar-refractivity contribution in [1.82, 2.24) is 10.2 Å². The Morgan fingerprint density at radius 1 is 1.28 bits per heavy atom. The van der Waals surface area contributed by atoms with Gasteiger partial charge in [0.2, 0.25) is 5.91 Å². The monoisotopic (exact) mass is 246 g/mol. The summed E-state index contributed by atoms with van der Waals surface area (Å²) in [5.74, 6) is -0.164. The van der Waals surface area contributed by atoms with Crippen molar-refractivity contribution < 1.29 is 9.59 Å². The number of carbonyl (C=O) groups is 2. The first-order valence-corrected chi connectivity index (χ1v) is 6.20. The average molecular weight is 246 g/mol. The van der Waals surface area contributed by atoms with Gasteiger partial charge in [0.25, 0.3) is 5.91 Å². The number of nitrogens with zero attached hydrogens (tertiary/aromatic N) is 1. The van der Waals surface area contributed by atoms with E-state index in [0.717, 1.165) is 5.56 Å². The highest BCUT2D eigenvalue weighted by molar-refractivity contribution is 6.01. The number of benzene rings is 1. The van der Waals surface area contributed by atoms with Crippen LogP contribution in [0.3, 0.4) is 0 Å². The largest absolute Gasteiger partial charge is 0.352 e. The third kappa shape index (κ3) is 2.23. The molecule has 1 aliphatic heterocycles. The van der Waals surface area contributed by atoms with Gasteiger partial charge >= 0.3 is 0 Å². The van der Waals surface area contributed by atoms with E-state index in [9.17, 15) is 9.59 Å². The maximum atomic E-state index is 12.2. The van der Waals surface area contributed by atoms with Gasteiger partial charge in [-0.15, -0.1) is 0 Å². The molecule has 2 amide bonds. The minimum absolute atomic E-state index is 0.0583. The topological polar surface area (TPSA) is 49.4 Å². The van der Waals surface area contributed by atoms with E-state index in [1.807, 2.05) is 38.1 Å². The number of fused-ring (bicyclic) bond motifs is 1. The maximum Gasteiger partial charge on any atom is 0.255 e. The predicted octanol–water partition coefficient (Wildman–Crippen LogP) is 1.56. The van der Waals surface area contributed by atoms with Gasteiger partial charge in [0, 0.05) is 18.2 Å². The fourth-order valence-corrected chi connectivity index (χ4v) is 2.14. The number of amides is 2. The van der Waals surface area contributed by atoms with Gasteiger partial charge in [0.15, 0.2) is 0 Å². The van der Waals surface area contributed by atoms with E-state index >= 15 is 0 Å². The zero-order valence-corrected chi connectivity index (χ0v) is 10.9. The van der Waals surface area contributed by atoms with Crippen LogP contribution in [0.5, 0.6) is 0 Å². The molecule has 0 fully saturated rings. The average Bonchev–Trinajstić information content (AvgIpc) is 2.66. The summed E-state index contributed by atoms with van der Waals surface area (Å²) in [5.41, 5.74) is 1.70. The van der Waals surface area contributed by atoms with E-state index in [0.29, 0.717) is 12.1 Å². The second kappa shape index (κ2) is 4.80. The van der Waals surface area contributed by atoms with Crippen molar-refractivity contribution in [2.24, 2.45) is 0 Å². The molecule has 1 atom stereocenters. The maximum absolute atomic E-state index is 12.2. The van der Waals surface area contributed by atoms with E-state index < -0.39 is 6.04 Å². The summed E-state index contributed by atoms with van der Waals surface area (Å²) in [4.78, 5) is 25.7. The lowest BCUT2D eigenvalue weighted by Gasteiger charge is -2.24. The van der Waals surface area contributed by atoms with Crippen LogP contribution in [-0.2, 0) is 11.3 Å². The minimum atomic E-state index is -0.438. The van der Waals surface area contributed by atoms with E-state index in [-0.39, 0.29) is 17.9 Å². The lowest BCUT2D eigenvalue weighted by molar-refractivity contribution is -0.125. The summed E-state index contributed by atoms with van der Waals surface area (Å²) >= 11 is 0. The standard InChI is InChI=1S/C14H18N2O2/c1-9(2)15-13(17)10(3)16-8-11-6-4-5-7-12(11)14(16)18/h4-7,9-10H,8H2,1-3H3,(H,15,17). The molecule has 1 aliphatic rings. The summed E-state index contributed by atoms with van der Waals surface area (Å²) in [6, 6.07) is 7.14. The van der Waals surface area contributed by atoms with Crippen molar-refractivity contribution in [1.29, 1.82) is 0 Å². The molecule has 0 radical (unpaired) electrons. The van der Waals surface area contributed by atoms with Gasteiger partial charge < -0.3 is 10.2 Å². The van der Waals surface area contributed by atoms with Gasteiger partial charge in [-0.25, -0.2) is 0 Å². The van der Waals surface area contributed by atoms with Crippen LogP contribution >= 0.6 is 0 Å². The molecule has 18 heavy (non-hydrogen) atoms. The summed E-state index contributed by atoms with van der Waals surface area (Å²) in [6.07, 6.45) is 0. The highest BCUT2D eigenvalue weighted by Gasteiger charge is 2.33. The van der Waals surface area contributed by atoms with Crippen LogP contribution in [0.1, 0.15) is 36.7 Å². The first-order valence-electron chi connectivity index (χ1n) is 6.20. The number of hydrogen-bond acceptors (Lipinski definition) is 2. The Kier molecular flexibility index (Phi) is 3.36. The van der Waals surface area contributed by atoms with Gasteiger partial charge in [-0.3, -0.25) is 9.59 Å². The van der Waals surface area contributed by atoms with E-state index in [1.54, 1.807) is 11.8 Å². The lowest BCUT2D eigenvalue weighted by Crippen LogP contribution is -2.47. The molecule has 1 aromatic carbocycles. The minimum Gasteiger partial charge on any atom is -0.352 e. The van der Waals surface area contributed by atoms with Gasteiger partial charge in [-0.2, -0.15) is 0 Å². The molecule has 0 saturated heterocycles. The zero-order chi connectivity index (χ0) is 13.3. The fourth-order valence-electron chi connectivity index (χ4n) is 2.14.